The summed E-state index contributed by atoms with van der Waals surface area (Å²) >= 11 is 0. The topological polar surface area (TPSA) is 68.3 Å². The minimum atomic E-state index is -0.911. The van der Waals surface area contributed by atoms with Crippen LogP contribution in [0.3, 0.4) is 0 Å². The van der Waals surface area contributed by atoms with E-state index in [4.69, 9.17) is 4.74 Å². The van der Waals surface area contributed by atoms with Crippen molar-refractivity contribution >= 4 is 6.09 Å². The fourth-order valence-corrected chi connectivity index (χ4v) is 5.56. The van der Waals surface area contributed by atoms with Crippen molar-refractivity contribution < 1.29 is 14.6 Å². The van der Waals surface area contributed by atoms with E-state index in [0.717, 1.165) is 37.3 Å². The van der Waals surface area contributed by atoms with Crippen molar-refractivity contribution in [1.29, 1.82) is 0 Å². The summed E-state index contributed by atoms with van der Waals surface area (Å²) in [5.74, 6) is 0. The number of cyclic esters (lactones) is 1. The largest absolute Gasteiger partial charge is 0.431 e. The Morgan fingerprint density at radius 1 is 0.939 bits per heavy atom. The molecule has 0 aliphatic carbocycles. The SMILES string of the molecule is O=C1OC(c2ccccc2)(c2ccccc2)C2CN(C(O)NCCN3CCCCC3)CCN12. The van der Waals surface area contributed by atoms with E-state index in [9.17, 15) is 9.90 Å². The lowest BCUT2D eigenvalue weighted by molar-refractivity contribution is -0.0630. The van der Waals surface area contributed by atoms with E-state index in [1.54, 1.807) is 0 Å². The van der Waals surface area contributed by atoms with Crippen molar-refractivity contribution in [2.24, 2.45) is 0 Å². The van der Waals surface area contributed by atoms with Gasteiger partial charge < -0.3 is 14.7 Å². The smallest absolute Gasteiger partial charge is 0.411 e. The number of fused-ring (bicyclic) bond motifs is 1. The standard InChI is InChI=1S/C26H34N4O3/c31-24(27-14-17-28-15-8-3-9-16-28)29-18-19-30-23(20-29)26(33-25(30)32,21-10-4-1-5-11-21)22-12-6-2-7-13-22/h1-2,4-7,10-13,23-24,27,31H,3,8-9,14-20H2. The van der Waals surface area contributed by atoms with Gasteiger partial charge in [-0.1, -0.05) is 67.1 Å². The van der Waals surface area contributed by atoms with E-state index >= 15 is 0 Å². The molecule has 3 aliphatic heterocycles. The molecule has 7 heteroatoms. The van der Waals surface area contributed by atoms with Crippen LogP contribution >= 0.6 is 0 Å². The molecule has 5 rings (SSSR count). The zero-order chi connectivity index (χ0) is 22.7. The first-order valence-electron chi connectivity index (χ1n) is 12.2. The van der Waals surface area contributed by atoms with Gasteiger partial charge in [-0.05, 0) is 25.9 Å². The number of hydrogen-bond donors (Lipinski definition) is 2. The molecule has 0 bridgehead atoms. The maximum atomic E-state index is 13.0. The lowest BCUT2D eigenvalue weighted by Gasteiger charge is -2.43. The molecule has 3 saturated heterocycles. The Balaban J connectivity index is 1.35. The van der Waals surface area contributed by atoms with Crippen LogP contribution in [0.4, 0.5) is 4.79 Å². The predicted octanol–water partition coefficient (Wildman–Crippen LogP) is 2.42. The number of nitrogens with one attached hydrogen (secondary N) is 1. The predicted molar refractivity (Wildman–Crippen MR) is 127 cm³/mol. The summed E-state index contributed by atoms with van der Waals surface area (Å²) in [4.78, 5) is 19.3. The molecule has 1 amide bonds. The zero-order valence-electron chi connectivity index (χ0n) is 19.1. The molecule has 0 spiro atoms. The number of amides is 1. The molecule has 2 unspecified atom stereocenters. The summed E-state index contributed by atoms with van der Waals surface area (Å²) in [6.07, 6.45) is 2.81. The van der Waals surface area contributed by atoms with Crippen LogP contribution in [0.1, 0.15) is 30.4 Å². The third-order valence-corrected chi connectivity index (χ3v) is 7.32. The van der Waals surface area contributed by atoms with Crippen LogP contribution in [0.5, 0.6) is 0 Å². The Bertz CT molecular complexity index is 880. The van der Waals surface area contributed by atoms with E-state index < -0.39 is 12.0 Å². The second-order valence-corrected chi connectivity index (χ2v) is 9.27. The number of carbonyl (C=O) groups is 1. The van der Waals surface area contributed by atoms with Gasteiger partial charge in [-0.25, -0.2) is 4.79 Å². The Hall–Kier alpha value is -2.45. The van der Waals surface area contributed by atoms with Gasteiger partial charge in [0.15, 0.2) is 12.0 Å². The number of aliphatic hydroxyl groups excluding tert-OH is 1. The second-order valence-electron chi connectivity index (χ2n) is 9.27. The third-order valence-electron chi connectivity index (χ3n) is 7.32. The average molecular weight is 451 g/mol. The third kappa shape index (κ3) is 4.38. The van der Waals surface area contributed by atoms with Crippen LogP contribution in [0.25, 0.3) is 0 Å². The summed E-state index contributed by atoms with van der Waals surface area (Å²) in [6.45, 7) is 5.62. The van der Waals surface area contributed by atoms with E-state index in [0.29, 0.717) is 19.6 Å². The number of rotatable bonds is 7. The number of aliphatic hydroxyl groups is 1. The van der Waals surface area contributed by atoms with Gasteiger partial charge in [0.25, 0.3) is 0 Å². The minimum absolute atomic E-state index is 0.234. The number of carbonyl (C=O) groups excluding carboxylic acids is 1. The molecule has 3 fully saturated rings. The number of piperidine rings is 1. The van der Waals surface area contributed by atoms with Crippen molar-refractivity contribution in [1.82, 2.24) is 20.0 Å². The van der Waals surface area contributed by atoms with Gasteiger partial charge in [-0.2, -0.15) is 0 Å². The van der Waals surface area contributed by atoms with Crippen LogP contribution in [0, 0.1) is 0 Å². The Morgan fingerprint density at radius 2 is 1.58 bits per heavy atom. The molecule has 3 heterocycles. The normalized spacial score (nSPS) is 24.3. The fourth-order valence-electron chi connectivity index (χ4n) is 5.56. The van der Waals surface area contributed by atoms with Gasteiger partial charge in [0.1, 0.15) is 0 Å². The summed E-state index contributed by atoms with van der Waals surface area (Å²) in [5, 5.41) is 14.2. The highest BCUT2D eigenvalue weighted by atomic mass is 16.6. The van der Waals surface area contributed by atoms with Crippen molar-refractivity contribution in [3.05, 3.63) is 71.8 Å². The molecule has 2 N–H and O–H groups in total. The first-order chi connectivity index (χ1) is 16.2. The molecule has 0 radical (unpaired) electrons. The van der Waals surface area contributed by atoms with Crippen LogP contribution in [0.2, 0.25) is 0 Å². The molecule has 0 saturated carbocycles. The Labute approximate surface area is 195 Å². The van der Waals surface area contributed by atoms with Crippen LogP contribution in [-0.2, 0) is 10.3 Å². The van der Waals surface area contributed by atoms with E-state index in [-0.39, 0.29) is 12.1 Å². The number of hydrogen-bond acceptors (Lipinski definition) is 6. The molecule has 3 aliphatic rings. The molecular weight excluding hydrogens is 416 g/mol. The van der Waals surface area contributed by atoms with E-state index in [1.807, 2.05) is 70.5 Å². The second kappa shape index (κ2) is 9.81. The number of piperazine rings is 1. The van der Waals surface area contributed by atoms with Crippen LogP contribution < -0.4 is 5.32 Å². The summed E-state index contributed by atoms with van der Waals surface area (Å²) in [5.41, 5.74) is 0.990. The fraction of sp³-hybridized carbons (Fsp3) is 0.500. The van der Waals surface area contributed by atoms with Crippen LogP contribution in [-0.4, -0.2) is 84.1 Å². The first kappa shape index (κ1) is 22.3. The Kier molecular flexibility index (Phi) is 6.64. The summed E-state index contributed by atoms with van der Waals surface area (Å²) < 4.78 is 6.21. The maximum Gasteiger partial charge on any atom is 0.411 e. The van der Waals surface area contributed by atoms with Crippen molar-refractivity contribution in [2.75, 3.05) is 45.8 Å². The van der Waals surface area contributed by atoms with E-state index in [1.165, 1.54) is 19.3 Å². The number of likely N-dealkylation sites (tertiary alicyclic amines) is 1. The highest BCUT2D eigenvalue weighted by molar-refractivity contribution is 5.74. The Morgan fingerprint density at radius 3 is 2.21 bits per heavy atom. The summed E-state index contributed by atoms with van der Waals surface area (Å²) in [7, 11) is 0. The minimum Gasteiger partial charge on any atom is -0.431 e. The van der Waals surface area contributed by atoms with Gasteiger partial charge in [0.2, 0.25) is 0 Å². The maximum absolute atomic E-state index is 13.0. The van der Waals surface area contributed by atoms with Gasteiger partial charge in [0.05, 0.1) is 6.04 Å². The first-order valence-corrected chi connectivity index (χ1v) is 12.2. The molecular formula is C26H34N4O3. The number of ether oxygens (including phenoxy) is 1. The quantitative estimate of drug-likeness (QED) is 0.632. The highest BCUT2D eigenvalue weighted by Gasteiger charge is 2.58. The summed E-state index contributed by atoms with van der Waals surface area (Å²) in [6, 6.07) is 19.7. The van der Waals surface area contributed by atoms with Gasteiger partial charge in [0, 0.05) is 43.9 Å². The highest BCUT2D eigenvalue weighted by Crippen LogP contribution is 2.45. The van der Waals surface area contributed by atoms with Crippen molar-refractivity contribution in [3.8, 4) is 0 Å². The number of nitrogens with zero attached hydrogens (tertiary/aromatic N) is 3. The van der Waals surface area contributed by atoms with Crippen molar-refractivity contribution in [2.45, 2.75) is 37.3 Å². The zero-order valence-corrected chi connectivity index (χ0v) is 19.1. The molecule has 2 atom stereocenters. The lowest BCUT2D eigenvalue weighted by atomic mass is 9.79. The molecule has 176 valence electrons. The lowest BCUT2D eigenvalue weighted by Crippen LogP contribution is -2.61. The molecule has 33 heavy (non-hydrogen) atoms. The van der Waals surface area contributed by atoms with Gasteiger partial charge in [-0.15, -0.1) is 0 Å². The van der Waals surface area contributed by atoms with E-state index in [2.05, 4.69) is 10.2 Å². The average Bonchev–Trinajstić information content (AvgIpc) is 3.18. The molecule has 2 aromatic rings. The number of benzene rings is 2. The molecule has 7 nitrogen and oxygen atoms in total. The van der Waals surface area contributed by atoms with Gasteiger partial charge in [-0.3, -0.25) is 15.1 Å². The molecule has 0 aromatic heterocycles. The van der Waals surface area contributed by atoms with Gasteiger partial charge >= 0.3 is 6.09 Å². The van der Waals surface area contributed by atoms with Crippen molar-refractivity contribution in [3.63, 3.8) is 0 Å². The molecule has 2 aromatic carbocycles. The van der Waals surface area contributed by atoms with Crippen LogP contribution in [0.15, 0.2) is 60.7 Å². The monoisotopic (exact) mass is 450 g/mol.